The number of hydrogen-bond donors (Lipinski definition) is 19. The number of alkyl halides is 2. The van der Waals surface area contributed by atoms with Crippen LogP contribution in [0.25, 0.3) is 67.0 Å². The summed E-state index contributed by atoms with van der Waals surface area (Å²) in [4.78, 5) is 148. The molecular formula is C63H73F2N27O33P6S4. The fraction of sp³-hybridized carbons (Fsp3) is 0.476. The number of nitrogen functional groups attached to an aromatic ring is 6. The molecule has 21 heterocycles. The quantitative estimate of drug-likeness (QED) is 0.0634. The Bertz CT molecular complexity index is 6490. The van der Waals surface area contributed by atoms with E-state index in [1.165, 1.54) is 79.1 Å². The summed E-state index contributed by atoms with van der Waals surface area (Å²) >= 11 is 19.8. The molecule has 24 N–H and O–H groups in total. The molecule has 0 radical (unpaired) electrons. The van der Waals surface area contributed by atoms with Gasteiger partial charge in [0.05, 0.1) is 94.7 Å². The van der Waals surface area contributed by atoms with Crippen LogP contribution in [-0.4, -0.2) is 297 Å². The van der Waals surface area contributed by atoms with Gasteiger partial charge in [0.2, 0.25) is 17.8 Å². The van der Waals surface area contributed by atoms with Crippen molar-refractivity contribution < 1.29 is 150 Å². The molecule has 21 rings (SSSR count). The molecule has 0 aliphatic carbocycles. The maximum atomic E-state index is 15.8. The van der Waals surface area contributed by atoms with Gasteiger partial charge in [-0.15, -0.1) is 0 Å². The number of H-pyrrole nitrogens is 3. The van der Waals surface area contributed by atoms with Gasteiger partial charge in [-0.2, -0.15) is 15.0 Å². The maximum absolute atomic E-state index is 15.8. The number of aliphatic hydroxyl groups is 4. The van der Waals surface area contributed by atoms with Crippen LogP contribution < -0.4 is 51.1 Å². The number of rotatable bonds is 6. The number of pyridine rings is 3. The smallest absolute Gasteiger partial charge is 0.397 e. The van der Waals surface area contributed by atoms with Crippen LogP contribution in [0.5, 0.6) is 0 Å². The molecule has 60 nitrogen and oxygen atoms in total. The minimum absolute atomic E-state index is 0.0209. The lowest BCUT2D eigenvalue weighted by Crippen LogP contribution is -2.38. The number of aromatic nitrogens is 21. The standard InChI is InChI=1S/C21H23F2N9O11P2.2C21H25N9O11P2S2/c22-10-8-3-38-45(36,37)43-15-11(23)9(41-20(15)32-6-28-13-17(32)29-21(25)30-18(13)33)4-39-44(34,35)42-14(10)19(40-8)31-5-27-12-7(24)1-2-26-16(12)31;2*22-7-1-2-24-16-10(7)25-5-29(16)19-14-12(31)8(38-19)3-36-43(35,45)41-15-13(32)9(4-37-42(34,44)40-14)39-20(15)30-6-26-11-17(30)27-21(23)28-18(11)33/h1-2,5-6,8-11,14-15,19-20H,3-4H2,(H2,24,26)(H,34,35)(H,36,37)(H3,25,29,30,33);2*1-2,5-6,8-9,12-15,19-20,31-32H,3-4H2,(H2,22,24)(H,34,44)(H,35,45)(H3,23,27,28,33)/t8-,9-,10-,11-,14-,15-,19-,20-;8-,9-,12?,13?,14+,15+,19-,20-,42?,43?;8-,9-,12-,13-,14-,15-,19-,20-,42?,43?/m111/s1. The summed E-state index contributed by atoms with van der Waals surface area (Å²) in [5.41, 5.74) is 34.8. The number of thiol groups is 1. The van der Waals surface area contributed by atoms with E-state index in [2.05, 4.69) is 87.0 Å². The number of nitrogens with zero attached hydrogens (tertiary/aromatic N) is 18. The van der Waals surface area contributed by atoms with E-state index < -0.39 is 246 Å². The van der Waals surface area contributed by atoms with Crippen LogP contribution in [0, 0.1) is 0 Å². The van der Waals surface area contributed by atoms with Crippen molar-refractivity contribution >= 4 is 192 Å². The Kier molecular flexibility index (Phi) is 25.6. The van der Waals surface area contributed by atoms with Crippen molar-refractivity contribution in [3.63, 3.8) is 0 Å². The SMILES string of the molecule is Nc1nc2c(ncn2[C@@H]2O[C@@H]3COP(=O)(O)O[C@@H]4[C@H](F)[C@@H](COP(=O)(O)O[C@@H]2[C@@H]3F)O[C@H]4n2cnc3c(N)ccnc32)c(=O)[nH]1.Nc1nc2c(ncn2[C@@H]2O[C@@H]3COP(=O)(S)O[C@@H]4[C@H](O)[C@@H](COP(O)(=S)O[C@@H]2[C@@H]3O)O[C@H]4n2cnc3c(N)ccnc32)c(=O)[nH]1.Nc1nc2c(ncn2[C@@H]2O[C@@H]3COP(O)(=S)O[C@H]4C(O)[C@@H](COP(O)(=S)O[C@H]2C3O)O[C@H]4n2cnc3c(N)ccnc32)c(=O)[nH]1. The second kappa shape index (κ2) is 36.3. The number of ether oxygens (including phenoxy) is 6. The molecule has 30 atom stereocenters. The summed E-state index contributed by atoms with van der Waals surface area (Å²) in [7, 11) is -10.4. The van der Waals surface area contributed by atoms with E-state index in [4.69, 9.17) is 153 Å². The number of nitrogens with two attached hydrogens (primary N) is 6. The van der Waals surface area contributed by atoms with Crippen molar-refractivity contribution in [2.75, 3.05) is 74.0 Å². The molecule has 9 saturated heterocycles. The van der Waals surface area contributed by atoms with Crippen molar-refractivity contribution in [2.24, 2.45) is 0 Å². The minimum atomic E-state index is -5.22. The summed E-state index contributed by atoms with van der Waals surface area (Å²) in [6.45, 7) is -21.1. The Labute approximate surface area is 767 Å². The first-order valence-corrected chi connectivity index (χ1v) is 52.7. The van der Waals surface area contributed by atoms with Crippen molar-refractivity contribution in [1.82, 2.24) is 102 Å². The second-order valence-corrected chi connectivity index (χ2v) is 44.8. The Hall–Kier alpha value is -8.52. The van der Waals surface area contributed by atoms with Gasteiger partial charge >= 0.3 is 42.6 Å². The van der Waals surface area contributed by atoms with Gasteiger partial charge in [-0.1, -0.05) is 12.2 Å². The average molecular weight is 2090 g/mol. The number of halogens is 2. The Balaban J connectivity index is 0.000000130. The topological polar surface area (TPSA) is 838 Å². The normalized spacial score (nSPS) is 37.7. The summed E-state index contributed by atoms with van der Waals surface area (Å²) in [5, 5.41) is 44.8. The maximum Gasteiger partial charge on any atom is 0.472 e. The molecule has 9 fully saturated rings. The van der Waals surface area contributed by atoms with Gasteiger partial charge in [0.15, 0.2) is 100 Å². The van der Waals surface area contributed by atoms with Crippen LogP contribution in [-0.2, 0) is 132 Å². The van der Waals surface area contributed by atoms with Gasteiger partial charge in [0.25, 0.3) is 16.7 Å². The Morgan fingerprint density at radius 2 is 0.593 bits per heavy atom. The third-order valence-corrected chi connectivity index (χ3v) is 30.5. The first kappa shape index (κ1) is 95.4. The van der Waals surface area contributed by atoms with Crippen LogP contribution in [0.2, 0.25) is 0 Å². The van der Waals surface area contributed by atoms with Crippen LogP contribution in [0.3, 0.4) is 0 Å². The summed E-state index contributed by atoms with van der Waals surface area (Å²) in [6.07, 6.45) is -25.2. The summed E-state index contributed by atoms with van der Waals surface area (Å²) in [6, 6.07) is 4.57. The first-order valence-electron chi connectivity index (χ1n) is 39.2. The number of fused-ring (bicyclic) bond motifs is 18. The monoisotopic (exact) mass is 2090 g/mol. The number of hydrogen-bond acceptors (Lipinski definition) is 49. The van der Waals surface area contributed by atoms with Gasteiger partial charge in [0, 0.05) is 18.6 Å². The zero-order chi connectivity index (χ0) is 95.5. The fourth-order valence-corrected chi connectivity index (χ4v) is 23.6. The van der Waals surface area contributed by atoms with Crippen molar-refractivity contribution in [1.29, 1.82) is 0 Å². The molecule has 9 aliphatic heterocycles. The molecule has 12 aromatic rings. The number of aromatic amines is 3. The van der Waals surface area contributed by atoms with Crippen LogP contribution in [0.4, 0.5) is 43.7 Å². The van der Waals surface area contributed by atoms with Gasteiger partial charge in [-0.3, -0.25) is 97.5 Å². The van der Waals surface area contributed by atoms with E-state index in [0.717, 1.165) is 10.9 Å². The highest BCUT2D eigenvalue weighted by atomic mass is 32.7. The third kappa shape index (κ3) is 18.5. The largest absolute Gasteiger partial charge is 0.472 e. The molecule has 0 spiro atoms. The molecule has 12 aromatic heterocycles. The van der Waals surface area contributed by atoms with Gasteiger partial charge in [-0.05, 0) is 53.6 Å². The highest BCUT2D eigenvalue weighted by Gasteiger charge is 2.59. The lowest BCUT2D eigenvalue weighted by molar-refractivity contribution is -0.0671. The minimum Gasteiger partial charge on any atom is -0.397 e. The average Bonchev–Trinajstić information content (AvgIpc) is 1.62. The number of nitrogens with one attached hydrogen (secondary N) is 3. The molecule has 8 unspecified atom stereocenters. The predicted octanol–water partition coefficient (Wildman–Crippen LogP) is -1.97. The number of aliphatic hydroxyl groups excluding tert-OH is 4. The first-order chi connectivity index (χ1) is 63.9. The van der Waals surface area contributed by atoms with E-state index in [-0.39, 0.29) is 79.5 Å². The van der Waals surface area contributed by atoms with Gasteiger partial charge < -0.3 is 121 Å². The van der Waals surface area contributed by atoms with Crippen LogP contribution in [0.1, 0.15) is 37.4 Å². The lowest BCUT2D eigenvalue weighted by Gasteiger charge is -2.28. The van der Waals surface area contributed by atoms with E-state index in [0.29, 0.717) is 22.4 Å². The molecule has 9 aliphatic rings. The Morgan fingerprint density at radius 3 is 0.889 bits per heavy atom. The van der Waals surface area contributed by atoms with Crippen molar-refractivity contribution in [2.45, 2.75) is 147 Å². The fourth-order valence-electron chi connectivity index (χ4n) is 16.0. The third-order valence-electron chi connectivity index (χ3n) is 22.2. The number of phosphoric ester groups is 2. The number of imidazole rings is 6. The second-order valence-electron chi connectivity index (χ2n) is 30.7. The lowest BCUT2D eigenvalue weighted by atomic mass is 10.1. The molecule has 0 aromatic carbocycles. The van der Waals surface area contributed by atoms with E-state index >= 15 is 8.78 Å². The Morgan fingerprint density at radius 1 is 0.348 bits per heavy atom. The molecule has 135 heavy (non-hydrogen) atoms. The molecule has 0 amide bonds. The molecule has 0 saturated carbocycles. The van der Waals surface area contributed by atoms with Gasteiger partial charge in [-0.25, -0.2) is 67.3 Å². The summed E-state index contributed by atoms with van der Waals surface area (Å²) in [5.74, 6) is -0.763. The summed E-state index contributed by atoms with van der Waals surface area (Å²) < 4.78 is 180. The van der Waals surface area contributed by atoms with Crippen LogP contribution >= 0.6 is 54.8 Å². The predicted molar refractivity (Wildman–Crippen MR) is 461 cm³/mol. The van der Waals surface area contributed by atoms with Crippen molar-refractivity contribution in [3.05, 3.63) is 106 Å². The molecular weight excluding hydrogens is 2010 g/mol. The molecule has 72 heteroatoms. The zero-order valence-corrected chi connectivity index (χ0v) is 76.2. The molecule has 12 bridgehead atoms. The highest BCUT2D eigenvalue weighted by Crippen LogP contribution is 2.61. The number of phosphoric acid groups is 2. The van der Waals surface area contributed by atoms with E-state index in [1.807, 2.05) is 0 Å². The molecule has 726 valence electrons. The zero-order valence-electron chi connectivity index (χ0n) is 67.5. The van der Waals surface area contributed by atoms with Crippen molar-refractivity contribution in [3.8, 4) is 0 Å². The number of anilines is 6. The van der Waals surface area contributed by atoms with Gasteiger partial charge in [0.1, 0.15) is 114 Å². The highest BCUT2D eigenvalue weighted by molar-refractivity contribution is 8.44. The van der Waals surface area contributed by atoms with E-state index in [9.17, 15) is 73.0 Å². The van der Waals surface area contributed by atoms with Crippen LogP contribution in [0.15, 0.2) is 89.1 Å². The van der Waals surface area contributed by atoms with E-state index in [1.54, 1.807) is 12.1 Å².